The molecule has 0 spiro atoms. The topological polar surface area (TPSA) is 0 Å². The van der Waals surface area contributed by atoms with Gasteiger partial charge in [-0.3, -0.25) is 0 Å². The monoisotopic (exact) mass is 722 g/mol. The van der Waals surface area contributed by atoms with Gasteiger partial charge >= 0.3 is 0 Å². The van der Waals surface area contributed by atoms with Gasteiger partial charge in [0.1, 0.15) is 0 Å². The molecule has 0 N–H and O–H groups in total. The fraction of sp³-hybridized carbons (Fsp3) is 0.222. The lowest BCUT2D eigenvalue weighted by Gasteiger charge is -2.37. The maximum Gasteiger partial charge on any atom is 0.171 e. The minimum atomic E-state index is -0.0421. The van der Waals surface area contributed by atoms with Crippen LogP contribution < -0.4 is 10.9 Å². The molecule has 56 heavy (non-hydrogen) atoms. The highest BCUT2D eigenvalue weighted by Crippen LogP contribution is 2.44. The lowest BCUT2D eigenvalue weighted by molar-refractivity contribution is 0.530. The third kappa shape index (κ3) is 5.92. The van der Waals surface area contributed by atoms with Gasteiger partial charge in [-0.25, -0.2) is 0 Å². The molecule has 9 aromatic rings. The van der Waals surface area contributed by atoms with Crippen LogP contribution in [0.2, 0.25) is 0 Å². The summed E-state index contributed by atoms with van der Waals surface area (Å²) in [6.07, 6.45) is 6.69. The van der Waals surface area contributed by atoms with E-state index in [0.717, 1.165) is 53.1 Å². The Balaban J connectivity index is 1.31. The van der Waals surface area contributed by atoms with Crippen LogP contribution in [0.4, 0.5) is 0 Å². The van der Waals surface area contributed by atoms with E-state index in [4.69, 9.17) is 0 Å². The summed E-state index contributed by atoms with van der Waals surface area (Å²) in [5.74, 6) is 0. The van der Waals surface area contributed by atoms with Gasteiger partial charge in [0.15, 0.2) is 14.6 Å². The summed E-state index contributed by atoms with van der Waals surface area (Å²) in [5.41, 5.74) is 6.06. The molecule has 2 atom stereocenters. The molecule has 0 fully saturated rings. The Morgan fingerprint density at radius 2 is 0.589 bits per heavy atom. The molecule has 0 aliphatic heterocycles. The van der Waals surface area contributed by atoms with Gasteiger partial charge in [-0.15, -0.1) is 0 Å². The van der Waals surface area contributed by atoms with Crippen molar-refractivity contribution in [3.63, 3.8) is 0 Å². The number of hydrogen-bond donors (Lipinski definition) is 0. The second-order valence-electron chi connectivity index (χ2n) is 16.6. The Hall–Kier alpha value is -5.33. The first-order valence-electron chi connectivity index (χ1n) is 21.3. The molecule has 2 heteroatoms. The van der Waals surface area contributed by atoms with Crippen molar-refractivity contribution in [1.82, 2.24) is 0 Å². The van der Waals surface area contributed by atoms with Crippen molar-refractivity contribution < 1.29 is 0 Å². The van der Waals surface area contributed by atoms with Crippen LogP contribution in [-0.4, -0.2) is 14.6 Å². The summed E-state index contributed by atoms with van der Waals surface area (Å²) >= 11 is 0. The molecule has 0 heterocycles. The molecule has 274 valence electrons. The predicted octanol–water partition coefficient (Wildman–Crippen LogP) is 12.9. The van der Waals surface area contributed by atoms with Gasteiger partial charge in [-0.2, -0.15) is 0 Å². The summed E-state index contributed by atoms with van der Waals surface area (Å²) in [7, 11) is 2.00. The first kappa shape index (κ1) is 36.3. The number of hydrogen-bond acceptors (Lipinski definition) is 0. The summed E-state index contributed by atoms with van der Waals surface area (Å²) < 4.78 is 0. The van der Waals surface area contributed by atoms with Gasteiger partial charge in [0.2, 0.25) is 0 Å². The van der Waals surface area contributed by atoms with Gasteiger partial charge < -0.3 is 0 Å². The molecule has 2 unspecified atom stereocenters. The highest BCUT2D eigenvalue weighted by atomic mass is 14.3. The normalized spacial score (nSPS) is 14.1. The van der Waals surface area contributed by atoms with Crippen LogP contribution in [0.3, 0.4) is 0 Å². The van der Waals surface area contributed by atoms with Crippen LogP contribution in [-0.2, 0) is 10.6 Å². The van der Waals surface area contributed by atoms with Crippen LogP contribution in [0, 0.1) is 0 Å². The molecule has 9 aromatic carbocycles. The van der Waals surface area contributed by atoms with Crippen molar-refractivity contribution in [3.8, 4) is 0 Å². The fourth-order valence-electron chi connectivity index (χ4n) is 11.1. The minimum absolute atomic E-state index is 0.0421. The highest BCUT2D eigenvalue weighted by Gasteiger charge is 2.38. The van der Waals surface area contributed by atoms with E-state index in [-0.39, 0.29) is 10.6 Å². The van der Waals surface area contributed by atoms with Crippen LogP contribution >= 0.6 is 0 Å². The summed E-state index contributed by atoms with van der Waals surface area (Å²) in [6, 6.07) is 60.2. The molecule has 0 nitrogen and oxygen atoms in total. The second kappa shape index (κ2) is 15.0. The van der Waals surface area contributed by atoms with E-state index in [1.165, 1.54) is 86.7 Å². The first-order chi connectivity index (χ1) is 27.5. The zero-order valence-corrected chi connectivity index (χ0v) is 33.7. The Bertz CT molecular complexity index is 2530. The zero-order valence-electron chi connectivity index (χ0n) is 33.7. The zero-order chi connectivity index (χ0) is 38.3. The average molecular weight is 723 g/mol. The molecule has 9 rings (SSSR count). The minimum Gasteiger partial charge on any atom is -0.0682 e. The molecular formula is C54H52B2. The predicted molar refractivity (Wildman–Crippen MR) is 252 cm³/mol. The van der Waals surface area contributed by atoms with Crippen molar-refractivity contribution >= 4 is 90.1 Å². The number of rotatable bonds is 12. The van der Waals surface area contributed by atoms with Gasteiger partial charge in [0.25, 0.3) is 0 Å². The molecule has 0 aliphatic rings. The van der Waals surface area contributed by atoms with Crippen molar-refractivity contribution in [3.05, 3.63) is 169 Å². The van der Waals surface area contributed by atoms with Gasteiger partial charge in [-0.05, 0) is 98.5 Å². The molecule has 0 bridgehead atoms. The lowest BCUT2D eigenvalue weighted by Crippen LogP contribution is -2.43. The van der Waals surface area contributed by atoms with Crippen molar-refractivity contribution in [2.24, 2.45) is 0 Å². The largest absolute Gasteiger partial charge is 0.171 e. The molecule has 0 saturated carbocycles. The molecular weight excluding hydrogens is 670 g/mol. The van der Waals surface area contributed by atoms with Crippen molar-refractivity contribution in [2.45, 2.75) is 76.8 Å². The van der Waals surface area contributed by atoms with Crippen LogP contribution in [0.1, 0.15) is 77.3 Å². The summed E-state index contributed by atoms with van der Waals surface area (Å²) in [5, 5.41) is 16.6. The Labute approximate surface area is 334 Å². The van der Waals surface area contributed by atoms with E-state index in [9.17, 15) is 0 Å². The van der Waals surface area contributed by atoms with E-state index in [0.29, 0.717) is 0 Å². The molecule has 0 aliphatic carbocycles. The van der Waals surface area contributed by atoms with E-state index in [1.807, 2.05) is 0 Å². The van der Waals surface area contributed by atoms with E-state index >= 15 is 0 Å². The maximum absolute atomic E-state index is 2.44. The average Bonchev–Trinajstić information content (AvgIpc) is 3.25. The van der Waals surface area contributed by atoms with Crippen LogP contribution in [0.5, 0.6) is 0 Å². The van der Waals surface area contributed by atoms with Crippen LogP contribution in [0.25, 0.3) is 64.6 Å². The number of benzene rings is 9. The number of fused-ring (bicyclic) bond motifs is 6. The lowest BCUT2D eigenvalue weighted by atomic mass is 9.40. The SMILES string of the molecule is CCCC(Bc1c2ccccc2c(BC(CC)(CCC)c2c3ccccc3cc3ccccc23)c2ccccc12)(CC)c1c2ccccc2cc2ccccc12. The van der Waals surface area contributed by atoms with Gasteiger partial charge in [-0.1, -0.05) is 223 Å². The Morgan fingerprint density at radius 1 is 0.339 bits per heavy atom. The second-order valence-corrected chi connectivity index (χ2v) is 16.6. The Morgan fingerprint density at radius 3 is 0.839 bits per heavy atom. The molecule has 0 aromatic heterocycles. The van der Waals surface area contributed by atoms with E-state index < -0.39 is 0 Å². The Kier molecular flexibility index (Phi) is 9.70. The molecule has 0 amide bonds. The molecule has 0 radical (unpaired) electrons. The summed E-state index contributed by atoms with van der Waals surface area (Å²) in [6.45, 7) is 9.65. The quantitative estimate of drug-likeness (QED) is 0.0870. The highest BCUT2D eigenvalue weighted by molar-refractivity contribution is 6.70. The standard InChI is InChI=1S/C54H52B2/c1-5-33-53(7-3,49-41-25-13-9-21-37(41)35-38-22-10-14-26-42(38)49)55-51-45-29-17-19-31-47(45)52(48-32-20-18-30-46(48)51)56-54(8-4,34-6-2)50-43-27-15-11-23-39(43)36-40-24-12-16-28-44(40)50/h9-32,35-36,55-56H,5-8,33-34H2,1-4H3. The first-order valence-corrected chi connectivity index (χ1v) is 21.3. The van der Waals surface area contributed by atoms with E-state index in [2.05, 4.69) is 185 Å². The van der Waals surface area contributed by atoms with Crippen molar-refractivity contribution in [1.29, 1.82) is 0 Å². The third-order valence-electron chi connectivity index (χ3n) is 13.6. The summed E-state index contributed by atoms with van der Waals surface area (Å²) in [4.78, 5) is 0. The van der Waals surface area contributed by atoms with E-state index in [1.54, 1.807) is 0 Å². The smallest absolute Gasteiger partial charge is 0.0682 e. The van der Waals surface area contributed by atoms with Gasteiger partial charge in [0.05, 0.1) is 0 Å². The third-order valence-corrected chi connectivity index (χ3v) is 13.6. The van der Waals surface area contributed by atoms with Crippen molar-refractivity contribution in [2.75, 3.05) is 0 Å². The maximum atomic E-state index is 2.44. The molecule has 0 saturated heterocycles. The van der Waals surface area contributed by atoms with Gasteiger partial charge in [0, 0.05) is 0 Å². The fourth-order valence-corrected chi connectivity index (χ4v) is 11.1. The van der Waals surface area contributed by atoms with Crippen LogP contribution in [0.15, 0.2) is 158 Å².